The Morgan fingerprint density at radius 1 is 0.667 bits per heavy atom. The summed E-state index contributed by atoms with van der Waals surface area (Å²) < 4.78 is 161. The van der Waals surface area contributed by atoms with Crippen molar-refractivity contribution in [1.29, 1.82) is 0 Å². The van der Waals surface area contributed by atoms with E-state index in [0.29, 0.717) is 11.1 Å². The molecule has 2 aromatic carbocycles. The lowest BCUT2D eigenvalue weighted by Gasteiger charge is -2.27. The molecule has 2 aliphatic rings. The highest BCUT2D eigenvalue weighted by Gasteiger charge is 2.41. The molecule has 396 valence electrons. The van der Waals surface area contributed by atoms with Crippen molar-refractivity contribution in [3.05, 3.63) is 94.8 Å². The quantitative estimate of drug-likeness (QED) is 0.0753. The van der Waals surface area contributed by atoms with Gasteiger partial charge in [-0.05, 0) is 104 Å². The number of amides is 1. The first-order valence-corrected chi connectivity index (χ1v) is 22.4. The van der Waals surface area contributed by atoms with E-state index in [1.807, 2.05) is 0 Å². The second-order valence-corrected chi connectivity index (χ2v) is 17.7. The summed E-state index contributed by atoms with van der Waals surface area (Å²) in [6, 6.07) is 10.1. The van der Waals surface area contributed by atoms with Gasteiger partial charge in [-0.25, -0.2) is 32.3 Å². The highest BCUT2D eigenvalue weighted by Crippen LogP contribution is 2.37. The molecule has 0 saturated carbocycles. The molecule has 0 radical (unpaired) electrons. The van der Waals surface area contributed by atoms with Gasteiger partial charge < -0.3 is 29.0 Å². The van der Waals surface area contributed by atoms with Crippen LogP contribution in [0.4, 0.5) is 48.7 Å². The fourth-order valence-electron chi connectivity index (χ4n) is 7.63. The number of alkyl halides is 8. The Morgan fingerprint density at radius 2 is 1.14 bits per heavy atom. The number of rotatable bonds is 18. The molecule has 23 heteroatoms. The molecule has 1 N–H and O–H groups in total. The van der Waals surface area contributed by atoms with Crippen molar-refractivity contribution >= 4 is 30.1 Å². The van der Waals surface area contributed by atoms with E-state index in [1.54, 1.807) is 26.8 Å². The maximum absolute atomic E-state index is 14.6. The molecule has 2 fully saturated rings. The normalized spacial score (nSPS) is 18.0. The average Bonchev–Trinajstić information content (AvgIpc) is 3.91. The molecular formula is C49H55ClF10N4O8. The van der Waals surface area contributed by atoms with Gasteiger partial charge in [-0.15, -0.1) is 12.4 Å². The second kappa shape index (κ2) is 25.9. The monoisotopic (exact) mass is 1050 g/mol. The number of halogens is 11. The number of hydrogen-bond donors (Lipinski definition) is 1. The second-order valence-electron chi connectivity index (χ2n) is 17.7. The third-order valence-electron chi connectivity index (χ3n) is 10.9. The molecule has 4 atom stereocenters. The van der Waals surface area contributed by atoms with Gasteiger partial charge in [0.05, 0.1) is 31.8 Å². The van der Waals surface area contributed by atoms with Crippen molar-refractivity contribution < 1.29 is 82.0 Å². The maximum Gasteiger partial charge on any atom is 0.433 e. The SMILES string of the molecule is COCCOc1nc(C(F)(F)F)ccc1-c1cc(F)cc(CCC(=O)[C@@H]2C[C@@H](F)CN2)c1.COCCOc1nc(C(F)(F)F)ccc1-c1cc(F)cc(CCC(=O)[C@@H]2C[C@@H](F)CN2C(=O)OC(C)(C)C)c1.Cl. The Kier molecular flexibility index (Phi) is 21.2. The maximum atomic E-state index is 14.6. The first-order valence-electron chi connectivity index (χ1n) is 22.4. The van der Waals surface area contributed by atoms with Crippen molar-refractivity contribution in [2.75, 3.05) is 53.7 Å². The van der Waals surface area contributed by atoms with Crippen LogP contribution < -0.4 is 14.8 Å². The van der Waals surface area contributed by atoms with E-state index in [0.717, 1.165) is 35.2 Å². The molecule has 0 aliphatic carbocycles. The van der Waals surface area contributed by atoms with Crippen LogP contribution in [0.2, 0.25) is 0 Å². The Balaban J connectivity index is 0.000000314. The standard InChI is InChI=1S/C27H31F5N2O5.C22H23F5N2O3.ClH/c1-26(2,3)39-25(36)34-15-19(29)14-21(34)22(35)7-5-16-11-17(13-18(28)12-16)20-6-8-23(27(30,31)32)33-24(20)38-10-9-37-4;1-31-6-7-32-21-17(3-5-20(29-21)22(25,26)27)14-8-13(9-15(23)10-14)2-4-19(30)18-11-16(24)12-28-18;/h6,8,11-13,19,21H,5,7,9-10,14-15H2,1-4H3;3,5,8-10,16,18,28H,2,4,6-7,11-12H2,1H3;1H/t19-,21+;16-,18+;/m11./s1. The molecular weight excluding hydrogens is 998 g/mol. The Morgan fingerprint density at radius 3 is 1.56 bits per heavy atom. The molecule has 0 spiro atoms. The van der Waals surface area contributed by atoms with Crippen molar-refractivity contribution in [3.63, 3.8) is 0 Å². The van der Waals surface area contributed by atoms with Crippen molar-refractivity contribution in [1.82, 2.24) is 20.2 Å². The molecule has 2 aliphatic heterocycles. The van der Waals surface area contributed by atoms with Crippen LogP contribution >= 0.6 is 12.4 Å². The van der Waals surface area contributed by atoms with Gasteiger partial charge in [0.15, 0.2) is 5.78 Å². The summed E-state index contributed by atoms with van der Waals surface area (Å²) in [6.45, 7) is 4.94. The van der Waals surface area contributed by atoms with Crippen LogP contribution in [0.25, 0.3) is 22.3 Å². The van der Waals surface area contributed by atoms with E-state index in [1.165, 1.54) is 38.5 Å². The summed E-state index contributed by atoms with van der Waals surface area (Å²) in [7, 11) is 2.81. The van der Waals surface area contributed by atoms with E-state index in [4.69, 9.17) is 23.7 Å². The number of methoxy groups -OCH3 is 2. The topological polar surface area (TPSA) is 138 Å². The van der Waals surface area contributed by atoms with Crippen LogP contribution in [0.3, 0.4) is 0 Å². The van der Waals surface area contributed by atoms with Gasteiger partial charge in [-0.1, -0.05) is 12.1 Å². The highest BCUT2D eigenvalue weighted by atomic mass is 35.5. The number of likely N-dealkylation sites (tertiary alicyclic amines) is 1. The molecule has 1 amide bonds. The number of Topliss-reactive ketones (excluding diaryl/α,β-unsaturated/α-hetero) is 2. The number of nitrogens with zero attached hydrogens (tertiary/aromatic N) is 3. The number of ether oxygens (including phenoxy) is 5. The molecule has 4 aromatic rings. The van der Waals surface area contributed by atoms with Crippen LogP contribution in [0.5, 0.6) is 11.8 Å². The van der Waals surface area contributed by atoms with E-state index < -0.39 is 77.3 Å². The van der Waals surface area contributed by atoms with E-state index in [-0.39, 0.29) is 130 Å². The summed E-state index contributed by atoms with van der Waals surface area (Å²) in [5.41, 5.74) is -1.50. The van der Waals surface area contributed by atoms with Gasteiger partial charge in [0.25, 0.3) is 0 Å². The predicted molar refractivity (Wildman–Crippen MR) is 245 cm³/mol. The minimum absolute atomic E-state index is 0. The van der Waals surface area contributed by atoms with Crippen molar-refractivity contribution in [3.8, 4) is 34.0 Å². The summed E-state index contributed by atoms with van der Waals surface area (Å²) in [4.78, 5) is 45.9. The number of nitrogens with one attached hydrogen (secondary N) is 1. The lowest BCUT2D eigenvalue weighted by atomic mass is 9.98. The fraction of sp³-hybridized carbons (Fsp3) is 0.490. The predicted octanol–water partition coefficient (Wildman–Crippen LogP) is 10.3. The lowest BCUT2D eigenvalue weighted by Crippen LogP contribution is -2.43. The molecule has 0 unspecified atom stereocenters. The zero-order chi connectivity index (χ0) is 52.3. The van der Waals surface area contributed by atoms with Gasteiger partial charge in [-0.2, -0.15) is 26.3 Å². The van der Waals surface area contributed by atoms with Crippen molar-refractivity contribution in [2.24, 2.45) is 0 Å². The zero-order valence-corrected chi connectivity index (χ0v) is 40.7. The lowest BCUT2D eigenvalue weighted by molar-refractivity contribution is -0.142. The van der Waals surface area contributed by atoms with Crippen LogP contribution in [-0.4, -0.2) is 116 Å². The highest BCUT2D eigenvalue weighted by molar-refractivity contribution is 5.88. The Hall–Kier alpha value is -5.58. The van der Waals surface area contributed by atoms with Gasteiger partial charge in [0, 0.05) is 57.6 Å². The molecule has 0 bridgehead atoms. The van der Waals surface area contributed by atoms with Crippen LogP contribution in [0.15, 0.2) is 60.7 Å². The minimum Gasteiger partial charge on any atom is -0.475 e. The van der Waals surface area contributed by atoms with Crippen LogP contribution in [0.1, 0.15) is 69.0 Å². The average molecular weight is 1050 g/mol. The molecule has 72 heavy (non-hydrogen) atoms. The first-order chi connectivity index (χ1) is 33.3. The summed E-state index contributed by atoms with van der Waals surface area (Å²) in [5.74, 6) is -2.52. The number of aryl methyl sites for hydroxylation is 2. The third kappa shape index (κ3) is 17.3. The van der Waals surface area contributed by atoms with E-state index in [2.05, 4.69) is 15.3 Å². The van der Waals surface area contributed by atoms with Crippen molar-refractivity contribution in [2.45, 2.75) is 102 Å². The number of ketones is 2. The summed E-state index contributed by atoms with van der Waals surface area (Å²) in [6.07, 6.45) is -12.4. The third-order valence-corrected chi connectivity index (χ3v) is 10.9. The van der Waals surface area contributed by atoms with Gasteiger partial charge in [0.1, 0.15) is 60.0 Å². The number of benzene rings is 2. The van der Waals surface area contributed by atoms with Crippen LogP contribution in [0, 0.1) is 11.6 Å². The molecule has 6 rings (SSSR count). The Bertz CT molecular complexity index is 2480. The zero-order valence-electron chi connectivity index (χ0n) is 39.9. The summed E-state index contributed by atoms with van der Waals surface area (Å²) >= 11 is 0. The number of aromatic nitrogens is 2. The number of hydrogen-bond acceptors (Lipinski definition) is 11. The van der Waals surface area contributed by atoms with Crippen LogP contribution in [-0.2, 0) is 49.0 Å². The smallest absolute Gasteiger partial charge is 0.433 e. The van der Waals surface area contributed by atoms with E-state index in [9.17, 15) is 58.3 Å². The van der Waals surface area contributed by atoms with E-state index >= 15 is 0 Å². The van der Waals surface area contributed by atoms with Gasteiger partial charge >= 0.3 is 18.4 Å². The number of carbonyl (C=O) groups excluding carboxylic acids is 3. The molecule has 12 nitrogen and oxygen atoms in total. The minimum atomic E-state index is -4.71. The molecule has 2 saturated heterocycles. The largest absolute Gasteiger partial charge is 0.475 e. The number of pyridine rings is 2. The van der Waals surface area contributed by atoms with Gasteiger partial charge in [-0.3, -0.25) is 14.5 Å². The summed E-state index contributed by atoms with van der Waals surface area (Å²) in [5, 5.41) is 2.81. The molecule has 2 aromatic heterocycles. The Labute approximate surface area is 415 Å². The fourth-order valence-corrected chi connectivity index (χ4v) is 7.63. The first kappa shape index (κ1) is 59.0. The molecule has 4 heterocycles. The van der Waals surface area contributed by atoms with Gasteiger partial charge in [0.2, 0.25) is 11.8 Å². The number of carbonyl (C=O) groups is 3.